The summed E-state index contributed by atoms with van der Waals surface area (Å²) >= 11 is 0. The van der Waals surface area contributed by atoms with Gasteiger partial charge in [0.2, 0.25) is 12.3 Å². The zero-order valence-corrected chi connectivity index (χ0v) is 29.0. The lowest BCUT2D eigenvalue weighted by molar-refractivity contribution is -0.182. The molecule has 3 rings (SSSR count). The SMILES string of the molecule is BC(B)(C=O)C(B)(B)C(B)(C(=O)NC)N(C=O)Cc1c(C)cccc1OCc1ccc(CN2CC(C)(C)OC(C)(C)C2)cc1F. The number of ether oxygens (including phenoxy) is 2. The molecule has 0 saturated carbocycles. The van der Waals surface area contributed by atoms with Gasteiger partial charge in [0, 0.05) is 44.4 Å². The Hall–Kier alpha value is -2.98. The van der Waals surface area contributed by atoms with Crippen LogP contribution in [0.2, 0.25) is 10.4 Å². The number of morpholine rings is 1. The molecule has 14 heteroatoms. The van der Waals surface area contributed by atoms with Crippen molar-refractivity contribution in [3.8, 4) is 5.75 Å². The number of amides is 2. The molecule has 2 aromatic carbocycles. The molecule has 238 valence electrons. The molecule has 0 aromatic heterocycles. The van der Waals surface area contributed by atoms with E-state index in [1.54, 1.807) is 41.7 Å². The Morgan fingerprint density at radius 2 is 1.71 bits per heavy atom. The monoisotopic (exact) mass is 615 g/mol. The summed E-state index contributed by atoms with van der Waals surface area (Å²) in [5, 5.41) is 0.777. The topological polar surface area (TPSA) is 88.2 Å². The van der Waals surface area contributed by atoms with Crippen molar-refractivity contribution in [1.82, 2.24) is 15.1 Å². The average Bonchev–Trinajstić information content (AvgIpc) is 2.93. The highest BCUT2D eigenvalue weighted by molar-refractivity contribution is 6.63. The molecule has 1 fully saturated rings. The summed E-state index contributed by atoms with van der Waals surface area (Å²) in [6.45, 7) is 12.3. The van der Waals surface area contributed by atoms with E-state index in [0.29, 0.717) is 29.8 Å². The Labute approximate surface area is 272 Å². The highest BCUT2D eigenvalue weighted by atomic mass is 19.1. The fourth-order valence-electron chi connectivity index (χ4n) is 6.55. The van der Waals surface area contributed by atoms with Crippen LogP contribution in [0.1, 0.15) is 49.9 Å². The van der Waals surface area contributed by atoms with E-state index in [4.69, 9.17) is 9.47 Å². The van der Waals surface area contributed by atoms with Crippen molar-refractivity contribution in [1.29, 1.82) is 0 Å². The number of likely N-dealkylation sites (N-methyl/N-ethyl adjacent to an activating group) is 1. The van der Waals surface area contributed by atoms with E-state index in [-0.39, 0.29) is 30.2 Å². The molecular weight excluding hydrogens is 567 g/mol. The number of aryl methyl sites for hydroxylation is 1. The van der Waals surface area contributed by atoms with Crippen molar-refractivity contribution < 1.29 is 28.2 Å². The Morgan fingerprint density at radius 1 is 1.09 bits per heavy atom. The molecule has 8 nitrogen and oxygen atoms in total. The van der Waals surface area contributed by atoms with Crippen molar-refractivity contribution in [2.24, 2.45) is 0 Å². The lowest BCUT2D eigenvalue weighted by atomic mass is 9.23. The van der Waals surface area contributed by atoms with Crippen molar-refractivity contribution in [2.75, 3.05) is 20.1 Å². The Kier molecular flexibility index (Phi) is 10.9. The molecule has 0 spiro atoms. The molecule has 1 aliphatic heterocycles. The third-order valence-corrected chi connectivity index (χ3v) is 9.86. The summed E-state index contributed by atoms with van der Waals surface area (Å²) in [6, 6.07) is 10.7. The van der Waals surface area contributed by atoms with E-state index in [9.17, 15) is 14.4 Å². The van der Waals surface area contributed by atoms with E-state index >= 15 is 4.39 Å². The van der Waals surface area contributed by atoms with Crippen LogP contribution < -0.4 is 10.1 Å². The molecule has 1 N–H and O–H groups in total. The lowest BCUT2D eigenvalue weighted by Crippen LogP contribution is -2.68. The van der Waals surface area contributed by atoms with Gasteiger partial charge in [-0.25, -0.2) is 4.39 Å². The summed E-state index contributed by atoms with van der Waals surface area (Å²) in [5.41, 5.74) is 0.823. The maximum absolute atomic E-state index is 15.4. The second kappa shape index (κ2) is 13.4. The van der Waals surface area contributed by atoms with Gasteiger partial charge in [-0.2, -0.15) is 0 Å². The molecular formula is C31H47B5FN3O5. The number of rotatable bonds is 13. The molecule has 1 heterocycles. The summed E-state index contributed by atoms with van der Waals surface area (Å²) in [5.74, 6) is -0.264. The van der Waals surface area contributed by atoms with Gasteiger partial charge in [-0.1, -0.05) is 29.5 Å². The quantitative estimate of drug-likeness (QED) is 0.233. The van der Waals surface area contributed by atoms with Gasteiger partial charge in [-0.05, 0) is 63.1 Å². The first-order valence-corrected chi connectivity index (χ1v) is 15.6. The number of nitrogens with zero attached hydrogens (tertiary/aromatic N) is 2. The van der Waals surface area contributed by atoms with Gasteiger partial charge in [0.15, 0.2) is 0 Å². The minimum atomic E-state index is -1.40. The van der Waals surface area contributed by atoms with Crippen LogP contribution in [0.5, 0.6) is 5.75 Å². The van der Waals surface area contributed by atoms with Crippen molar-refractivity contribution in [2.45, 2.75) is 81.4 Å². The number of benzene rings is 2. The highest BCUT2D eigenvalue weighted by Crippen LogP contribution is 2.50. The van der Waals surface area contributed by atoms with E-state index in [1.807, 2.05) is 40.8 Å². The van der Waals surface area contributed by atoms with Crippen LogP contribution >= 0.6 is 0 Å². The predicted octanol–water partition coefficient (Wildman–Crippen LogP) is -0.900. The maximum Gasteiger partial charge on any atom is 0.235 e. The third kappa shape index (κ3) is 7.71. The molecule has 1 aliphatic rings. The number of hydrogen-bond donors (Lipinski definition) is 1. The van der Waals surface area contributed by atoms with Gasteiger partial charge in [0.25, 0.3) is 0 Å². The van der Waals surface area contributed by atoms with E-state index in [2.05, 4.69) is 37.9 Å². The molecule has 1 atom stereocenters. The summed E-state index contributed by atoms with van der Waals surface area (Å²) in [4.78, 5) is 42.0. The second-order valence-corrected chi connectivity index (χ2v) is 14.9. The van der Waals surface area contributed by atoms with Gasteiger partial charge in [-0.15, -0.1) is 0 Å². The maximum atomic E-state index is 15.4. The summed E-state index contributed by atoms with van der Waals surface area (Å²) < 4.78 is 27.7. The van der Waals surface area contributed by atoms with E-state index < -0.39 is 21.8 Å². The molecule has 2 amide bonds. The van der Waals surface area contributed by atoms with Crippen LogP contribution in [0, 0.1) is 12.7 Å². The van der Waals surface area contributed by atoms with Crippen LogP contribution in [-0.2, 0) is 38.8 Å². The zero-order valence-electron chi connectivity index (χ0n) is 29.0. The van der Waals surface area contributed by atoms with Gasteiger partial charge in [-0.3, -0.25) is 14.5 Å². The minimum Gasteiger partial charge on any atom is -0.488 e. The molecule has 0 radical (unpaired) electrons. The molecule has 0 bridgehead atoms. The van der Waals surface area contributed by atoms with Gasteiger partial charge >= 0.3 is 0 Å². The first kappa shape index (κ1) is 36.5. The van der Waals surface area contributed by atoms with Crippen molar-refractivity contribution >= 4 is 57.8 Å². The first-order valence-electron chi connectivity index (χ1n) is 15.6. The Bertz CT molecular complexity index is 1410. The van der Waals surface area contributed by atoms with Gasteiger partial charge in [0.1, 0.15) is 63.7 Å². The molecule has 1 unspecified atom stereocenters. The standard InChI is InChI=1S/C31H47B5FN3O5/c1-20-8-7-9-25(23(20)14-40(19-42)30(34,26(43)38-6)31(35,36)29(32,33)18-41)44-15-22-11-10-21(12-24(22)37)13-39-16-27(2,3)45-28(4,5)17-39/h7-12,18-19H,13-17,32-36H2,1-6H3,(H,38,43). The minimum absolute atomic E-state index is 0.0162. The normalized spacial score (nSPS) is 17.9. The number of aldehydes is 1. The average molecular weight is 615 g/mol. The van der Waals surface area contributed by atoms with Crippen molar-refractivity contribution in [3.63, 3.8) is 0 Å². The Morgan fingerprint density at radius 3 is 2.24 bits per heavy atom. The smallest absolute Gasteiger partial charge is 0.235 e. The third-order valence-electron chi connectivity index (χ3n) is 9.86. The number of carbonyl (C=O) groups excluding carboxylic acids is 3. The fraction of sp³-hybridized carbons (Fsp3) is 0.516. The largest absolute Gasteiger partial charge is 0.488 e. The fourth-order valence-corrected chi connectivity index (χ4v) is 6.55. The number of carbonyl (C=O) groups is 3. The highest BCUT2D eigenvalue weighted by Gasteiger charge is 2.56. The molecule has 45 heavy (non-hydrogen) atoms. The number of nitrogens with one attached hydrogen (secondary N) is 1. The van der Waals surface area contributed by atoms with Crippen molar-refractivity contribution in [3.05, 3.63) is 64.5 Å². The van der Waals surface area contributed by atoms with Gasteiger partial charge in [0.05, 0.1) is 16.6 Å². The summed E-state index contributed by atoms with van der Waals surface area (Å²) in [6.07, 6.45) is 1.46. The number of halogens is 1. The van der Waals surface area contributed by atoms with Crippen LogP contribution in [0.4, 0.5) is 4.39 Å². The van der Waals surface area contributed by atoms with Crippen LogP contribution in [0.15, 0.2) is 36.4 Å². The predicted molar refractivity (Wildman–Crippen MR) is 189 cm³/mol. The van der Waals surface area contributed by atoms with Crippen LogP contribution in [-0.4, -0.2) is 104 Å². The second-order valence-electron chi connectivity index (χ2n) is 14.9. The Balaban J connectivity index is 1.85. The summed E-state index contributed by atoms with van der Waals surface area (Å²) in [7, 11) is 10.3. The molecule has 1 saturated heterocycles. The zero-order chi connectivity index (χ0) is 34.0. The molecule has 2 aromatic rings. The number of hydrogen-bond acceptors (Lipinski definition) is 6. The molecule has 0 aliphatic carbocycles. The van der Waals surface area contributed by atoms with E-state index in [1.165, 1.54) is 11.9 Å². The lowest BCUT2D eigenvalue weighted by Gasteiger charge is -2.55. The van der Waals surface area contributed by atoms with E-state index in [0.717, 1.165) is 30.5 Å². The van der Waals surface area contributed by atoms with Crippen LogP contribution in [0.25, 0.3) is 0 Å². The van der Waals surface area contributed by atoms with Crippen LogP contribution in [0.3, 0.4) is 0 Å². The van der Waals surface area contributed by atoms with Gasteiger partial charge < -0.3 is 24.5 Å². The first-order chi connectivity index (χ1) is 20.7.